The number of ketones is 2. The van der Waals surface area contributed by atoms with Crippen LogP contribution in [0.3, 0.4) is 0 Å². The third kappa shape index (κ3) is 7.48. The quantitative estimate of drug-likeness (QED) is 0.552. The predicted molar refractivity (Wildman–Crippen MR) is 129 cm³/mol. The standard InChI is InChI=1S/C14H17FO4.C13H12FNO/c1-3-12(16)9-14(18,13(17)19-4-2)10-5-7-11(15)8-6-10;1-2-11-7-12(13(16)8-15-11)9-3-5-10(14)6-4-9/h5-8,18H,3-4,9H2,1-2H3;3-7H,2,8H2,1H3. The summed E-state index contributed by atoms with van der Waals surface area (Å²) in [7, 11) is 0. The molecule has 6 nitrogen and oxygen atoms in total. The number of hydrogen-bond acceptors (Lipinski definition) is 6. The first-order chi connectivity index (χ1) is 16.6. The molecular weight excluding hydrogens is 456 g/mol. The van der Waals surface area contributed by atoms with E-state index in [1.54, 1.807) is 32.1 Å². The highest BCUT2D eigenvalue weighted by molar-refractivity contribution is 6.28. The number of Topliss-reactive ketones (excluding diaryl/α,β-unsaturated/α-hetero) is 2. The van der Waals surface area contributed by atoms with Crippen molar-refractivity contribution < 1.29 is 33.0 Å². The molecule has 0 bridgehead atoms. The fraction of sp³-hybridized carbons (Fsp3) is 0.333. The highest BCUT2D eigenvalue weighted by atomic mass is 19.1. The van der Waals surface area contributed by atoms with Crippen molar-refractivity contribution in [3.8, 4) is 0 Å². The Morgan fingerprint density at radius 3 is 2.09 bits per heavy atom. The minimum absolute atomic E-state index is 0.0104. The van der Waals surface area contributed by atoms with E-state index in [9.17, 15) is 28.3 Å². The molecule has 3 rings (SSSR count). The van der Waals surface area contributed by atoms with E-state index >= 15 is 0 Å². The summed E-state index contributed by atoms with van der Waals surface area (Å²) in [5.74, 6) is -1.97. The van der Waals surface area contributed by atoms with Crippen molar-refractivity contribution >= 4 is 28.8 Å². The Balaban J connectivity index is 0.000000250. The Hall–Kier alpha value is -3.52. The van der Waals surface area contributed by atoms with Crippen molar-refractivity contribution in [1.29, 1.82) is 0 Å². The maximum atomic E-state index is 12.9. The topological polar surface area (TPSA) is 93.0 Å². The zero-order chi connectivity index (χ0) is 26.0. The molecule has 0 radical (unpaired) electrons. The second kappa shape index (κ2) is 12.8. The minimum atomic E-state index is -2.06. The number of ether oxygens (including phenoxy) is 1. The molecule has 0 spiro atoms. The van der Waals surface area contributed by atoms with Gasteiger partial charge in [0.2, 0.25) is 0 Å². The molecule has 1 aliphatic rings. The predicted octanol–water partition coefficient (Wildman–Crippen LogP) is 4.59. The molecule has 2 aromatic rings. The van der Waals surface area contributed by atoms with E-state index in [4.69, 9.17) is 4.74 Å². The summed E-state index contributed by atoms with van der Waals surface area (Å²) in [5.41, 5.74) is 0.392. The summed E-state index contributed by atoms with van der Waals surface area (Å²) >= 11 is 0. The van der Waals surface area contributed by atoms with Gasteiger partial charge in [0, 0.05) is 17.7 Å². The van der Waals surface area contributed by atoms with Gasteiger partial charge < -0.3 is 9.84 Å². The SMILES string of the molecule is CCC1=NCC(=O)C(c2ccc(F)cc2)=C1.CCOC(=O)C(O)(CC(=O)CC)c1ccc(F)cc1. The highest BCUT2D eigenvalue weighted by Crippen LogP contribution is 2.28. The van der Waals surface area contributed by atoms with Crippen molar-refractivity contribution in [2.75, 3.05) is 13.2 Å². The Morgan fingerprint density at radius 1 is 1.00 bits per heavy atom. The second-order valence-electron chi connectivity index (χ2n) is 7.81. The molecule has 35 heavy (non-hydrogen) atoms. The summed E-state index contributed by atoms with van der Waals surface area (Å²) in [6, 6.07) is 10.8. The number of carbonyl (C=O) groups excluding carboxylic acids is 3. The smallest absolute Gasteiger partial charge is 0.343 e. The zero-order valence-corrected chi connectivity index (χ0v) is 20.0. The molecule has 1 aliphatic heterocycles. The largest absolute Gasteiger partial charge is 0.464 e. The minimum Gasteiger partial charge on any atom is -0.464 e. The van der Waals surface area contributed by atoms with Crippen LogP contribution in [0, 0.1) is 11.6 Å². The molecule has 1 heterocycles. The molecule has 2 aromatic carbocycles. The van der Waals surface area contributed by atoms with Gasteiger partial charge in [0.05, 0.1) is 13.0 Å². The average molecular weight is 486 g/mol. The monoisotopic (exact) mass is 485 g/mol. The number of benzene rings is 2. The van der Waals surface area contributed by atoms with Gasteiger partial charge in [0.1, 0.15) is 24.0 Å². The van der Waals surface area contributed by atoms with Crippen LogP contribution in [0.2, 0.25) is 0 Å². The fourth-order valence-electron chi connectivity index (χ4n) is 3.32. The number of allylic oxidation sites excluding steroid dienone is 1. The van der Waals surface area contributed by atoms with Crippen molar-refractivity contribution in [3.63, 3.8) is 0 Å². The van der Waals surface area contributed by atoms with Crippen LogP contribution in [0.15, 0.2) is 59.6 Å². The normalized spacial score (nSPS) is 14.6. The van der Waals surface area contributed by atoms with Crippen molar-refractivity contribution in [3.05, 3.63) is 77.4 Å². The van der Waals surface area contributed by atoms with Crippen molar-refractivity contribution in [1.82, 2.24) is 0 Å². The van der Waals surface area contributed by atoms with E-state index in [1.807, 2.05) is 6.92 Å². The lowest BCUT2D eigenvalue weighted by Crippen LogP contribution is -2.39. The van der Waals surface area contributed by atoms with Crippen molar-refractivity contribution in [2.45, 2.75) is 45.6 Å². The zero-order valence-electron chi connectivity index (χ0n) is 20.0. The number of aliphatic imine (C=N–C) groups is 1. The van der Waals surface area contributed by atoms with Gasteiger partial charge in [-0.2, -0.15) is 0 Å². The Kier molecular flexibility index (Phi) is 10.1. The van der Waals surface area contributed by atoms with Crippen LogP contribution >= 0.6 is 0 Å². The van der Waals surface area contributed by atoms with Gasteiger partial charge in [-0.1, -0.05) is 38.1 Å². The van der Waals surface area contributed by atoms with E-state index in [0.717, 1.165) is 29.8 Å². The molecule has 1 unspecified atom stereocenters. The van der Waals surface area contributed by atoms with Crippen LogP contribution in [0.4, 0.5) is 8.78 Å². The summed E-state index contributed by atoms with van der Waals surface area (Å²) < 4.78 is 30.5. The lowest BCUT2D eigenvalue weighted by Gasteiger charge is -2.25. The Labute approximate surface area is 203 Å². The molecule has 0 aliphatic carbocycles. The number of carbonyl (C=O) groups is 3. The van der Waals surface area contributed by atoms with E-state index < -0.39 is 17.4 Å². The Morgan fingerprint density at radius 2 is 1.57 bits per heavy atom. The first kappa shape index (κ1) is 27.7. The number of esters is 1. The lowest BCUT2D eigenvalue weighted by atomic mass is 9.88. The Bertz CT molecular complexity index is 1110. The molecule has 1 atom stereocenters. The maximum Gasteiger partial charge on any atom is 0.343 e. The number of rotatable bonds is 8. The first-order valence-corrected chi connectivity index (χ1v) is 11.4. The molecule has 1 N–H and O–H groups in total. The number of dihydropyridines is 1. The van der Waals surface area contributed by atoms with Crippen LogP contribution in [-0.2, 0) is 24.7 Å². The summed E-state index contributed by atoms with van der Waals surface area (Å²) in [5, 5.41) is 10.5. The van der Waals surface area contributed by atoms with Crippen LogP contribution in [0.1, 0.15) is 51.2 Å². The van der Waals surface area contributed by atoms with Crippen LogP contribution in [-0.4, -0.2) is 41.5 Å². The molecule has 0 saturated heterocycles. The number of halogens is 2. The van der Waals surface area contributed by atoms with E-state index in [2.05, 4.69) is 4.99 Å². The first-order valence-electron chi connectivity index (χ1n) is 11.4. The average Bonchev–Trinajstić information content (AvgIpc) is 2.85. The number of hydrogen-bond donors (Lipinski definition) is 1. The van der Waals surface area contributed by atoms with Gasteiger partial charge in [0.15, 0.2) is 11.4 Å². The number of aliphatic hydroxyl groups is 1. The highest BCUT2D eigenvalue weighted by Gasteiger charge is 2.41. The van der Waals surface area contributed by atoms with E-state index in [-0.39, 0.29) is 48.9 Å². The molecule has 0 fully saturated rings. The third-order valence-electron chi connectivity index (χ3n) is 5.34. The molecule has 0 amide bonds. The van der Waals surface area contributed by atoms with Crippen LogP contribution < -0.4 is 0 Å². The summed E-state index contributed by atoms with van der Waals surface area (Å²) in [4.78, 5) is 39.2. The molecule has 0 saturated carbocycles. The van der Waals surface area contributed by atoms with Crippen LogP contribution in [0.25, 0.3) is 5.57 Å². The second-order valence-corrected chi connectivity index (χ2v) is 7.81. The van der Waals surface area contributed by atoms with Gasteiger partial charge in [-0.25, -0.2) is 13.6 Å². The van der Waals surface area contributed by atoms with Crippen LogP contribution in [0.5, 0.6) is 0 Å². The van der Waals surface area contributed by atoms with Gasteiger partial charge in [-0.15, -0.1) is 0 Å². The number of nitrogens with zero attached hydrogens (tertiary/aromatic N) is 1. The van der Waals surface area contributed by atoms with Crippen molar-refractivity contribution in [2.24, 2.45) is 4.99 Å². The van der Waals surface area contributed by atoms with Gasteiger partial charge in [-0.3, -0.25) is 14.6 Å². The molecule has 8 heteroatoms. The molecule has 0 aromatic heterocycles. The van der Waals surface area contributed by atoms with Gasteiger partial charge in [0.25, 0.3) is 0 Å². The lowest BCUT2D eigenvalue weighted by molar-refractivity contribution is -0.168. The fourth-order valence-corrected chi connectivity index (χ4v) is 3.32. The molecule has 186 valence electrons. The van der Waals surface area contributed by atoms with Gasteiger partial charge >= 0.3 is 5.97 Å². The van der Waals surface area contributed by atoms with E-state index in [1.165, 1.54) is 24.3 Å². The van der Waals surface area contributed by atoms with E-state index in [0.29, 0.717) is 5.57 Å². The summed E-state index contributed by atoms with van der Waals surface area (Å²) in [6.45, 7) is 5.52. The summed E-state index contributed by atoms with van der Waals surface area (Å²) in [6.07, 6.45) is 2.41. The maximum absolute atomic E-state index is 12.9. The van der Waals surface area contributed by atoms with Gasteiger partial charge in [-0.05, 0) is 54.8 Å². The molecular formula is C27H29F2NO5. The third-order valence-corrected chi connectivity index (χ3v) is 5.34.